The summed E-state index contributed by atoms with van der Waals surface area (Å²) in [6.45, 7) is 0.775. The van der Waals surface area contributed by atoms with Crippen LogP contribution in [-0.2, 0) is 11.3 Å². The molecule has 11 heteroatoms. The highest BCUT2D eigenvalue weighted by Crippen LogP contribution is 2.32. The Bertz CT molecular complexity index is 1250. The Morgan fingerprint density at radius 2 is 2.06 bits per heavy atom. The van der Waals surface area contributed by atoms with E-state index in [-0.39, 0.29) is 46.5 Å². The van der Waals surface area contributed by atoms with Gasteiger partial charge in [-0.15, -0.1) is 0 Å². The first-order valence-corrected chi connectivity index (χ1v) is 10.5. The van der Waals surface area contributed by atoms with Crippen LogP contribution in [0.5, 0.6) is 5.75 Å². The zero-order valence-electron chi connectivity index (χ0n) is 18.3. The maximum absolute atomic E-state index is 14.9. The Hall–Kier alpha value is -3.99. The number of benzene rings is 2. The lowest BCUT2D eigenvalue weighted by Crippen LogP contribution is -2.24. The van der Waals surface area contributed by atoms with Crippen molar-refractivity contribution < 1.29 is 27.8 Å². The van der Waals surface area contributed by atoms with Gasteiger partial charge in [-0.05, 0) is 30.7 Å². The maximum Gasteiger partial charge on any atom is 0.255 e. The van der Waals surface area contributed by atoms with Gasteiger partial charge in [0, 0.05) is 24.3 Å². The minimum Gasteiger partial charge on any atom is -0.496 e. The first-order chi connectivity index (χ1) is 16.3. The highest BCUT2D eigenvalue weighted by atomic mass is 19.1. The topological polar surface area (TPSA) is 134 Å². The van der Waals surface area contributed by atoms with E-state index >= 15 is 0 Å². The number of carbonyl (C=O) groups is 2. The predicted octanol–water partition coefficient (Wildman–Crippen LogP) is 2.41. The van der Waals surface area contributed by atoms with Gasteiger partial charge in [-0.2, -0.15) is 5.10 Å². The van der Waals surface area contributed by atoms with Crippen molar-refractivity contribution in [2.75, 3.05) is 26.1 Å². The summed E-state index contributed by atoms with van der Waals surface area (Å²) in [7, 11) is 1.36. The molecule has 0 radical (unpaired) electrons. The van der Waals surface area contributed by atoms with E-state index in [1.807, 2.05) is 0 Å². The highest BCUT2D eigenvalue weighted by molar-refractivity contribution is 6.03. The number of hydrogen-bond acceptors (Lipinski definition) is 6. The average molecular weight is 471 g/mol. The quantitative estimate of drug-likeness (QED) is 0.484. The van der Waals surface area contributed by atoms with Crippen molar-refractivity contribution in [3.63, 3.8) is 0 Å². The molecule has 5 N–H and O–H groups in total. The van der Waals surface area contributed by atoms with Crippen LogP contribution >= 0.6 is 0 Å². The molecule has 1 atom stereocenters. The van der Waals surface area contributed by atoms with Crippen LogP contribution in [0.3, 0.4) is 0 Å². The maximum atomic E-state index is 14.9. The second-order valence-electron chi connectivity index (χ2n) is 7.77. The molecule has 1 aliphatic heterocycles. The fraction of sp³-hybridized carbons (Fsp3) is 0.261. The number of hydrogen-bond donors (Lipinski definition) is 3. The van der Waals surface area contributed by atoms with E-state index in [1.165, 1.54) is 36.1 Å². The third kappa shape index (κ3) is 4.42. The normalized spacial score (nSPS) is 15.3. The third-order valence-corrected chi connectivity index (χ3v) is 5.62. The van der Waals surface area contributed by atoms with Crippen LogP contribution in [0.2, 0.25) is 0 Å². The van der Waals surface area contributed by atoms with Gasteiger partial charge in [-0.1, -0.05) is 12.1 Å². The lowest BCUT2D eigenvalue weighted by Gasteiger charge is -2.11. The van der Waals surface area contributed by atoms with E-state index in [0.717, 1.165) is 6.07 Å². The molecule has 1 unspecified atom stereocenters. The lowest BCUT2D eigenvalue weighted by molar-refractivity contribution is 0.0945. The molecule has 178 valence electrons. The molecule has 34 heavy (non-hydrogen) atoms. The monoisotopic (exact) mass is 471 g/mol. The molecule has 0 spiro atoms. The van der Waals surface area contributed by atoms with Gasteiger partial charge in [-0.25, -0.2) is 13.5 Å². The number of rotatable bonds is 7. The number of primary amides is 1. The molecular formula is C23H23F2N5O4. The molecule has 0 bridgehead atoms. The molecule has 1 aromatic heterocycles. The van der Waals surface area contributed by atoms with Crippen LogP contribution in [-0.4, -0.2) is 41.9 Å². The van der Waals surface area contributed by atoms with Gasteiger partial charge in [0.05, 0.1) is 25.3 Å². The molecule has 2 heterocycles. The molecule has 1 fully saturated rings. The summed E-state index contributed by atoms with van der Waals surface area (Å²) in [5, 5.41) is 6.96. The van der Waals surface area contributed by atoms with Crippen molar-refractivity contribution in [3.05, 3.63) is 64.7 Å². The van der Waals surface area contributed by atoms with Gasteiger partial charge in [0.2, 0.25) is 0 Å². The number of nitrogens with zero attached hydrogens (tertiary/aromatic N) is 2. The number of methoxy groups -OCH3 is 1. The Balaban J connectivity index is 1.57. The molecule has 0 aliphatic carbocycles. The number of anilines is 1. The molecule has 9 nitrogen and oxygen atoms in total. The molecule has 3 aromatic rings. The molecule has 1 saturated heterocycles. The summed E-state index contributed by atoms with van der Waals surface area (Å²) < 4.78 is 40.4. The van der Waals surface area contributed by atoms with Crippen molar-refractivity contribution in [2.24, 2.45) is 5.73 Å². The second kappa shape index (κ2) is 9.48. The summed E-state index contributed by atoms with van der Waals surface area (Å²) in [4.78, 5) is 24.5. The molecular weight excluding hydrogens is 448 g/mol. The fourth-order valence-electron chi connectivity index (χ4n) is 3.85. The van der Waals surface area contributed by atoms with E-state index in [0.29, 0.717) is 25.2 Å². The second-order valence-corrected chi connectivity index (χ2v) is 7.77. The van der Waals surface area contributed by atoms with E-state index in [4.69, 9.17) is 20.9 Å². The zero-order chi connectivity index (χ0) is 24.4. The highest BCUT2D eigenvalue weighted by Gasteiger charge is 2.28. The van der Waals surface area contributed by atoms with Crippen LogP contribution in [0.4, 0.5) is 14.6 Å². The smallest absolute Gasteiger partial charge is 0.255 e. The molecule has 4 rings (SSSR count). The van der Waals surface area contributed by atoms with Crippen LogP contribution in [0, 0.1) is 11.6 Å². The average Bonchev–Trinajstić information content (AvgIpc) is 3.45. The van der Waals surface area contributed by atoms with Gasteiger partial charge < -0.3 is 26.3 Å². The van der Waals surface area contributed by atoms with Crippen LogP contribution in [0.25, 0.3) is 11.3 Å². The number of amides is 2. The van der Waals surface area contributed by atoms with Crippen LogP contribution in [0.15, 0.2) is 36.4 Å². The van der Waals surface area contributed by atoms with Gasteiger partial charge in [0.15, 0.2) is 0 Å². The zero-order valence-corrected chi connectivity index (χ0v) is 18.3. The van der Waals surface area contributed by atoms with E-state index in [2.05, 4.69) is 10.4 Å². The summed E-state index contributed by atoms with van der Waals surface area (Å²) in [5.41, 5.74) is 12.3. The van der Waals surface area contributed by atoms with Crippen molar-refractivity contribution in [1.29, 1.82) is 0 Å². The Morgan fingerprint density at radius 3 is 2.71 bits per heavy atom. The number of nitrogens with one attached hydrogen (secondary N) is 1. The number of nitrogen functional groups attached to an aromatic ring is 1. The van der Waals surface area contributed by atoms with E-state index in [1.54, 1.807) is 6.07 Å². The van der Waals surface area contributed by atoms with Crippen LogP contribution in [0.1, 0.15) is 38.7 Å². The van der Waals surface area contributed by atoms with Gasteiger partial charge in [0.1, 0.15) is 34.5 Å². The Labute approximate surface area is 193 Å². The van der Waals surface area contributed by atoms with Gasteiger partial charge >= 0.3 is 0 Å². The summed E-state index contributed by atoms with van der Waals surface area (Å²) in [6.07, 6.45) is 0.673. The van der Waals surface area contributed by atoms with Crippen molar-refractivity contribution in [1.82, 2.24) is 15.1 Å². The Kier molecular flexibility index (Phi) is 6.46. The van der Waals surface area contributed by atoms with E-state index < -0.39 is 23.4 Å². The number of carbonyl (C=O) groups excluding carboxylic acids is 2. The molecule has 1 aliphatic rings. The summed E-state index contributed by atoms with van der Waals surface area (Å²) >= 11 is 0. The first-order valence-electron chi connectivity index (χ1n) is 10.5. The number of halogens is 2. The van der Waals surface area contributed by atoms with E-state index in [9.17, 15) is 18.4 Å². The first kappa shape index (κ1) is 23.2. The van der Waals surface area contributed by atoms with Crippen molar-refractivity contribution >= 4 is 17.6 Å². The standard InChI is InChI=1S/C23H23F2N5O4/c1-33-18-5-4-14(24)9-16(18)23(32)28-10-13-3-2-12(8-17(13)25)20-19(22(27)31)21(26)30(29-20)15-6-7-34-11-15/h2-5,8-9,15H,6-7,10-11,26H2,1H3,(H2,27,31)(H,28,32). The molecule has 0 saturated carbocycles. The van der Waals surface area contributed by atoms with Gasteiger partial charge in [0.25, 0.3) is 11.8 Å². The number of aromatic nitrogens is 2. The van der Waals surface area contributed by atoms with Crippen molar-refractivity contribution in [3.8, 4) is 17.0 Å². The van der Waals surface area contributed by atoms with Crippen molar-refractivity contribution in [2.45, 2.75) is 19.0 Å². The molecule has 2 amide bonds. The minimum absolute atomic E-state index is 0.00514. The Morgan fingerprint density at radius 1 is 1.26 bits per heavy atom. The van der Waals surface area contributed by atoms with Crippen LogP contribution < -0.4 is 21.5 Å². The minimum atomic E-state index is -0.779. The summed E-state index contributed by atoms with van der Waals surface area (Å²) in [5.74, 6) is -2.36. The fourth-order valence-corrected chi connectivity index (χ4v) is 3.85. The SMILES string of the molecule is COc1ccc(F)cc1C(=O)NCc1ccc(-c2nn(C3CCOC3)c(N)c2C(N)=O)cc1F. The lowest BCUT2D eigenvalue weighted by atomic mass is 10.0. The molecule has 2 aromatic carbocycles. The third-order valence-electron chi connectivity index (χ3n) is 5.62. The van der Waals surface area contributed by atoms with Gasteiger partial charge in [-0.3, -0.25) is 9.59 Å². The summed E-state index contributed by atoms with van der Waals surface area (Å²) in [6, 6.07) is 7.58. The predicted molar refractivity (Wildman–Crippen MR) is 119 cm³/mol. The largest absolute Gasteiger partial charge is 0.496 e. The number of ether oxygens (including phenoxy) is 2. The number of nitrogens with two attached hydrogens (primary N) is 2.